The van der Waals surface area contributed by atoms with Gasteiger partial charge in [0.15, 0.2) is 0 Å². The van der Waals surface area contributed by atoms with Gasteiger partial charge in [0.1, 0.15) is 0 Å². The first kappa shape index (κ1) is 14.5. The molecule has 2 aromatic rings. The second kappa shape index (κ2) is 5.62. The predicted octanol–water partition coefficient (Wildman–Crippen LogP) is 3.65. The molecule has 6 nitrogen and oxygen atoms in total. The molecule has 0 saturated heterocycles. The summed E-state index contributed by atoms with van der Waals surface area (Å²) in [6.45, 7) is 3.83. The number of carboxylic acids is 1. The monoisotopic (exact) mass is 286 g/mol. The third-order valence-electron chi connectivity index (χ3n) is 3.10. The molecule has 2 aromatic carbocycles. The molecule has 0 atom stereocenters. The van der Waals surface area contributed by atoms with Gasteiger partial charge in [0.2, 0.25) is 0 Å². The summed E-state index contributed by atoms with van der Waals surface area (Å²) in [7, 11) is 0. The van der Waals surface area contributed by atoms with Gasteiger partial charge in [0, 0.05) is 17.8 Å². The minimum absolute atomic E-state index is 0.0134. The largest absolute Gasteiger partial charge is 0.478 e. The summed E-state index contributed by atoms with van der Waals surface area (Å²) in [6, 6.07) is 9.27. The van der Waals surface area contributed by atoms with Gasteiger partial charge in [0.05, 0.1) is 16.2 Å². The Hall–Kier alpha value is -2.89. The Labute approximate surface area is 121 Å². The Morgan fingerprint density at radius 3 is 2.43 bits per heavy atom. The highest BCUT2D eigenvalue weighted by molar-refractivity contribution is 5.96. The first-order valence-electron chi connectivity index (χ1n) is 6.24. The van der Waals surface area contributed by atoms with E-state index in [1.807, 2.05) is 32.0 Å². The highest BCUT2D eigenvalue weighted by Gasteiger charge is 2.16. The smallest absolute Gasteiger partial charge is 0.337 e. The molecule has 0 aromatic heterocycles. The molecule has 0 heterocycles. The first-order valence-corrected chi connectivity index (χ1v) is 6.24. The number of carboxylic acid groups (broad SMARTS) is 1. The van der Waals surface area contributed by atoms with E-state index in [2.05, 4.69) is 5.32 Å². The van der Waals surface area contributed by atoms with Crippen molar-refractivity contribution in [3.05, 3.63) is 63.2 Å². The molecule has 0 aliphatic heterocycles. The maximum absolute atomic E-state index is 11.2. The predicted molar refractivity (Wildman–Crippen MR) is 79.3 cm³/mol. The molecule has 0 fully saturated rings. The van der Waals surface area contributed by atoms with Crippen molar-refractivity contribution in [1.29, 1.82) is 0 Å². The Bertz CT molecular complexity index is 726. The van der Waals surface area contributed by atoms with E-state index in [9.17, 15) is 20.0 Å². The summed E-state index contributed by atoms with van der Waals surface area (Å²) in [4.78, 5) is 21.5. The second-order valence-electron chi connectivity index (χ2n) is 4.74. The van der Waals surface area contributed by atoms with E-state index in [0.29, 0.717) is 5.69 Å². The number of aromatic carboxylic acids is 1. The van der Waals surface area contributed by atoms with Crippen molar-refractivity contribution >= 4 is 23.0 Å². The van der Waals surface area contributed by atoms with Gasteiger partial charge in [-0.3, -0.25) is 10.1 Å². The number of non-ortho nitro benzene ring substituents is 1. The fourth-order valence-electron chi connectivity index (χ4n) is 2.03. The maximum Gasteiger partial charge on any atom is 0.337 e. The van der Waals surface area contributed by atoms with Gasteiger partial charge < -0.3 is 10.4 Å². The Morgan fingerprint density at radius 1 is 1.14 bits per heavy atom. The average molecular weight is 286 g/mol. The van der Waals surface area contributed by atoms with Crippen LogP contribution in [-0.4, -0.2) is 16.0 Å². The number of aryl methyl sites for hydroxylation is 2. The summed E-state index contributed by atoms with van der Waals surface area (Å²) >= 11 is 0. The summed E-state index contributed by atoms with van der Waals surface area (Å²) in [5.41, 5.74) is 2.74. The van der Waals surface area contributed by atoms with Crippen LogP contribution in [0.3, 0.4) is 0 Å². The molecule has 0 saturated carbocycles. The number of benzene rings is 2. The van der Waals surface area contributed by atoms with E-state index in [-0.39, 0.29) is 16.9 Å². The highest BCUT2D eigenvalue weighted by Crippen LogP contribution is 2.28. The summed E-state index contributed by atoms with van der Waals surface area (Å²) in [5, 5.41) is 23.0. The number of nitrogens with one attached hydrogen (secondary N) is 1. The molecule has 0 aliphatic rings. The van der Waals surface area contributed by atoms with Crippen molar-refractivity contribution in [2.24, 2.45) is 0 Å². The van der Waals surface area contributed by atoms with Crippen LogP contribution in [0.1, 0.15) is 21.5 Å². The normalized spacial score (nSPS) is 10.2. The molecule has 0 radical (unpaired) electrons. The molecule has 0 unspecified atom stereocenters. The minimum Gasteiger partial charge on any atom is -0.478 e. The molecule has 108 valence electrons. The van der Waals surface area contributed by atoms with Gasteiger partial charge in [-0.15, -0.1) is 0 Å². The maximum atomic E-state index is 11.2. The van der Waals surface area contributed by atoms with Gasteiger partial charge in [-0.1, -0.05) is 17.7 Å². The third-order valence-corrected chi connectivity index (χ3v) is 3.10. The van der Waals surface area contributed by atoms with Crippen molar-refractivity contribution in [2.75, 3.05) is 5.32 Å². The Morgan fingerprint density at radius 2 is 1.86 bits per heavy atom. The van der Waals surface area contributed by atoms with Crippen LogP contribution in [0.4, 0.5) is 17.1 Å². The molecular weight excluding hydrogens is 272 g/mol. The molecule has 0 bridgehead atoms. The first-order chi connectivity index (χ1) is 9.88. The van der Waals surface area contributed by atoms with Gasteiger partial charge in [-0.2, -0.15) is 0 Å². The number of nitro benzene ring substituents is 1. The third kappa shape index (κ3) is 3.17. The lowest BCUT2D eigenvalue weighted by molar-refractivity contribution is -0.384. The number of carbonyl (C=O) groups is 1. The zero-order valence-corrected chi connectivity index (χ0v) is 11.6. The van der Waals surface area contributed by atoms with Crippen LogP contribution >= 0.6 is 0 Å². The quantitative estimate of drug-likeness (QED) is 0.661. The van der Waals surface area contributed by atoms with Gasteiger partial charge in [0.25, 0.3) is 5.69 Å². The van der Waals surface area contributed by atoms with Crippen LogP contribution in [-0.2, 0) is 0 Å². The molecule has 6 heteroatoms. The molecule has 21 heavy (non-hydrogen) atoms. The van der Waals surface area contributed by atoms with E-state index in [0.717, 1.165) is 11.1 Å². The number of rotatable bonds is 4. The van der Waals surface area contributed by atoms with Crippen LogP contribution in [0.2, 0.25) is 0 Å². The van der Waals surface area contributed by atoms with Gasteiger partial charge >= 0.3 is 5.97 Å². The van der Waals surface area contributed by atoms with Gasteiger partial charge in [-0.25, -0.2) is 4.79 Å². The second-order valence-corrected chi connectivity index (χ2v) is 4.74. The number of nitrogens with zero attached hydrogens (tertiary/aromatic N) is 1. The number of nitro groups is 1. The van der Waals surface area contributed by atoms with E-state index in [1.54, 1.807) is 0 Å². The van der Waals surface area contributed by atoms with Crippen molar-refractivity contribution in [1.82, 2.24) is 0 Å². The average Bonchev–Trinajstić information content (AvgIpc) is 2.41. The van der Waals surface area contributed by atoms with Crippen molar-refractivity contribution in [3.63, 3.8) is 0 Å². The van der Waals surface area contributed by atoms with E-state index >= 15 is 0 Å². The molecule has 0 amide bonds. The fourth-order valence-corrected chi connectivity index (χ4v) is 2.03. The van der Waals surface area contributed by atoms with Crippen molar-refractivity contribution in [3.8, 4) is 0 Å². The number of hydrogen-bond acceptors (Lipinski definition) is 4. The summed E-state index contributed by atoms with van der Waals surface area (Å²) in [6.07, 6.45) is 0. The van der Waals surface area contributed by atoms with Crippen LogP contribution < -0.4 is 5.32 Å². The van der Waals surface area contributed by atoms with Crippen LogP contribution in [0.5, 0.6) is 0 Å². The minimum atomic E-state index is -1.14. The summed E-state index contributed by atoms with van der Waals surface area (Å²) < 4.78 is 0. The molecule has 2 rings (SSSR count). The van der Waals surface area contributed by atoms with Crippen molar-refractivity contribution < 1.29 is 14.8 Å². The van der Waals surface area contributed by atoms with E-state index < -0.39 is 10.9 Å². The lowest BCUT2D eigenvalue weighted by atomic mass is 10.1. The molecule has 0 spiro atoms. The number of anilines is 2. The highest BCUT2D eigenvalue weighted by atomic mass is 16.6. The van der Waals surface area contributed by atoms with Crippen LogP contribution in [0, 0.1) is 24.0 Å². The molecule has 2 N–H and O–H groups in total. The van der Waals surface area contributed by atoms with E-state index in [1.165, 1.54) is 18.2 Å². The molecular formula is C15H14N2O4. The lowest BCUT2D eigenvalue weighted by Crippen LogP contribution is -2.04. The zero-order valence-electron chi connectivity index (χ0n) is 11.6. The van der Waals surface area contributed by atoms with Crippen LogP contribution in [0.15, 0.2) is 36.4 Å². The fraction of sp³-hybridized carbons (Fsp3) is 0.133. The Kier molecular flexibility index (Phi) is 3.89. The van der Waals surface area contributed by atoms with Crippen molar-refractivity contribution in [2.45, 2.75) is 13.8 Å². The molecule has 0 aliphatic carbocycles. The van der Waals surface area contributed by atoms with E-state index in [4.69, 9.17) is 0 Å². The standard InChI is InChI=1S/C15H14N2O4/c1-9-3-6-13(10(2)7-9)16-14-8-11(17(20)21)4-5-12(14)15(18)19/h3-8,16H,1-2H3,(H,18,19). The van der Waals surface area contributed by atoms with Gasteiger partial charge in [-0.05, 0) is 31.5 Å². The zero-order chi connectivity index (χ0) is 15.6. The SMILES string of the molecule is Cc1ccc(Nc2cc([N+](=O)[O-])ccc2C(=O)O)c(C)c1. The lowest BCUT2D eigenvalue weighted by Gasteiger charge is -2.12. The Balaban J connectivity index is 2.48. The topological polar surface area (TPSA) is 92.5 Å². The summed E-state index contributed by atoms with van der Waals surface area (Å²) in [5.74, 6) is -1.14. The number of hydrogen-bond donors (Lipinski definition) is 2. The van der Waals surface area contributed by atoms with Crippen LogP contribution in [0.25, 0.3) is 0 Å².